The first-order chi connectivity index (χ1) is 12.8. The second-order valence-electron chi connectivity index (χ2n) is 4.93. The number of benzene rings is 1. The highest BCUT2D eigenvalue weighted by atomic mass is 32.1. The van der Waals surface area contributed by atoms with E-state index in [4.69, 9.17) is 4.79 Å². The highest BCUT2D eigenvalue weighted by Gasteiger charge is 2.24. The summed E-state index contributed by atoms with van der Waals surface area (Å²) >= 11 is 2.83. The second-order valence-corrected chi connectivity index (χ2v) is 6.71. The van der Waals surface area contributed by atoms with Gasteiger partial charge in [0.05, 0.1) is 11.4 Å². The monoisotopic (exact) mass is 413 g/mol. The fourth-order valence-corrected chi connectivity index (χ4v) is 3.42. The molecule has 2 aromatic heterocycles. The van der Waals surface area contributed by atoms with Gasteiger partial charge in [0.2, 0.25) is 6.29 Å². The predicted molar refractivity (Wildman–Crippen MR) is 101 cm³/mol. The SMILES string of the molecule is CNc1ccsc1C(=O)Nc1nc(-c2ccccc2)cs1.O=CC(F)(F)F. The lowest BCUT2D eigenvalue weighted by molar-refractivity contribution is -0.156. The fraction of sp³-hybridized carbons (Fsp3) is 0.118. The van der Waals surface area contributed by atoms with Crippen molar-refractivity contribution in [1.29, 1.82) is 0 Å². The number of nitrogens with one attached hydrogen (secondary N) is 2. The molecule has 1 amide bonds. The molecule has 3 rings (SSSR count). The summed E-state index contributed by atoms with van der Waals surface area (Å²) in [5.41, 5.74) is 2.74. The van der Waals surface area contributed by atoms with Crippen LogP contribution in [0.5, 0.6) is 0 Å². The second kappa shape index (κ2) is 9.28. The highest BCUT2D eigenvalue weighted by molar-refractivity contribution is 7.15. The molecule has 0 aliphatic carbocycles. The van der Waals surface area contributed by atoms with Crippen LogP contribution in [0.4, 0.5) is 24.0 Å². The average Bonchev–Trinajstić information content (AvgIpc) is 3.31. The number of thiazole rings is 1. The van der Waals surface area contributed by atoms with Crippen molar-refractivity contribution in [1.82, 2.24) is 4.98 Å². The smallest absolute Gasteiger partial charge is 0.387 e. The summed E-state index contributed by atoms with van der Waals surface area (Å²) in [6, 6.07) is 11.8. The molecule has 0 radical (unpaired) electrons. The van der Waals surface area contributed by atoms with Crippen molar-refractivity contribution in [2.45, 2.75) is 6.18 Å². The van der Waals surface area contributed by atoms with Gasteiger partial charge in [0, 0.05) is 18.0 Å². The van der Waals surface area contributed by atoms with E-state index >= 15 is 0 Å². The van der Waals surface area contributed by atoms with E-state index in [-0.39, 0.29) is 5.91 Å². The minimum atomic E-state index is -4.64. The maximum absolute atomic E-state index is 12.2. The van der Waals surface area contributed by atoms with E-state index in [2.05, 4.69) is 15.6 Å². The highest BCUT2D eigenvalue weighted by Crippen LogP contribution is 2.27. The summed E-state index contributed by atoms with van der Waals surface area (Å²) in [7, 11) is 1.80. The number of hydrogen-bond acceptors (Lipinski definition) is 6. The van der Waals surface area contributed by atoms with Gasteiger partial charge in [0.15, 0.2) is 5.13 Å². The molecule has 0 unspecified atom stereocenters. The Morgan fingerprint density at radius 2 is 1.81 bits per heavy atom. The first-order valence-corrected chi connectivity index (χ1v) is 9.20. The Morgan fingerprint density at radius 3 is 2.41 bits per heavy atom. The Bertz CT molecular complexity index is 892. The predicted octanol–water partition coefficient (Wildman–Crippen LogP) is 4.91. The van der Waals surface area contributed by atoms with E-state index in [1.807, 2.05) is 47.2 Å². The van der Waals surface area contributed by atoms with Crippen molar-refractivity contribution < 1.29 is 22.8 Å². The zero-order chi connectivity index (χ0) is 19.9. The van der Waals surface area contributed by atoms with Crippen molar-refractivity contribution in [3.05, 3.63) is 52.0 Å². The number of carbonyl (C=O) groups is 2. The minimum Gasteiger partial charge on any atom is -0.387 e. The molecular weight excluding hydrogens is 399 g/mol. The van der Waals surface area contributed by atoms with Gasteiger partial charge < -0.3 is 5.32 Å². The van der Waals surface area contributed by atoms with Crippen LogP contribution in [0.15, 0.2) is 47.2 Å². The molecule has 2 heterocycles. The number of amides is 1. The van der Waals surface area contributed by atoms with Crippen LogP contribution in [0, 0.1) is 0 Å². The van der Waals surface area contributed by atoms with E-state index in [0.717, 1.165) is 16.9 Å². The molecule has 1 aromatic carbocycles. The van der Waals surface area contributed by atoms with Crippen LogP contribution >= 0.6 is 22.7 Å². The Hall–Kier alpha value is -2.72. The maximum Gasteiger partial charge on any atom is 0.446 e. The molecule has 0 aliphatic rings. The van der Waals surface area contributed by atoms with Crippen molar-refractivity contribution in [2.24, 2.45) is 0 Å². The lowest BCUT2D eigenvalue weighted by Gasteiger charge is -2.02. The number of carbonyl (C=O) groups excluding carboxylic acids is 2. The maximum atomic E-state index is 12.2. The normalized spacial score (nSPS) is 10.5. The van der Waals surface area contributed by atoms with Crippen molar-refractivity contribution in [2.75, 3.05) is 17.7 Å². The third kappa shape index (κ3) is 6.19. The van der Waals surface area contributed by atoms with Crippen LogP contribution in [0.3, 0.4) is 0 Å². The number of anilines is 2. The lowest BCUT2D eigenvalue weighted by Crippen LogP contribution is -2.11. The van der Waals surface area contributed by atoms with Crippen LogP contribution in [-0.2, 0) is 4.79 Å². The van der Waals surface area contributed by atoms with Crippen molar-refractivity contribution in [3.63, 3.8) is 0 Å². The summed E-state index contributed by atoms with van der Waals surface area (Å²) in [4.78, 5) is 26.0. The Balaban J connectivity index is 0.000000380. The molecule has 0 spiro atoms. The van der Waals surface area contributed by atoms with E-state index in [9.17, 15) is 18.0 Å². The van der Waals surface area contributed by atoms with E-state index in [1.54, 1.807) is 7.05 Å². The zero-order valence-corrected chi connectivity index (χ0v) is 15.5. The molecule has 142 valence electrons. The minimum absolute atomic E-state index is 0.136. The molecular formula is C17H14F3N3O2S2. The lowest BCUT2D eigenvalue weighted by atomic mass is 10.2. The average molecular weight is 413 g/mol. The number of aromatic nitrogens is 1. The Kier molecular flexibility index (Phi) is 7.08. The Morgan fingerprint density at radius 1 is 1.15 bits per heavy atom. The summed E-state index contributed by atoms with van der Waals surface area (Å²) < 4.78 is 31.2. The zero-order valence-electron chi connectivity index (χ0n) is 13.9. The largest absolute Gasteiger partial charge is 0.446 e. The van der Waals surface area contributed by atoms with Gasteiger partial charge in [-0.1, -0.05) is 30.3 Å². The molecule has 0 fully saturated rings. The van der Waals surface area contributed by atoms with Gasteiger partial charge in [-0.3, -0.25) is 14.9 Å². The number of hydrogen-bond donors (Lipinski definition) is 2. The first-order valence-electron chi connectivity index (χ1n) is 7.44. The summed E-state index contributed by atoms with van der Waals surface area (Å²) in [5.74, 6) is -0.136. The van der Waals surface area contributed by atoms with E-state index in [0.29, 0.717) is 10.0 Å². The standard InChI is InChI=1S/C15H13N3OS2.C2HF3O/c1-16-11-7-8-20-13(11)14(19)18-15-17-12(9-21-15)10-5-3-2-4-6-10;3-2(4,5)1-6/h2-9,16H,1H3,(H,17,18,19);1H. The number of nitrogens with zero attached hydrogens (tertiary/aromatic N) is 1. The van der Waals surface area contributed by atoms with Gasteiger partial charge in [0.1, 0.15) is 4.88 Å². The van der Waals surface area contributed by atoms with Gasteiger partial charge in [-0.05, 0) is 11.4 Å². The quantitative estimate of drug-likeness (QED) is 0.596. The van der Waals surface area contributed by atoms with Crippen LogP contribution < -0.4 is 10.6 Å². The van der Waals surface area contributed by atoms with Gasteiger partial charge >= 0.3 is 6.18 Å². The molecule has 0 atom stereocenters. The van der Waals surface area contributed by atoms with Crippen molar-refractivity contribution in [3.8, 4) is 11.3 Å². The molecule has 0 saturated heterocycles. The molecule has 27 heavy (non-hydrogen) atoms. The number of alkyl halides is 3. The van der Waals surface area contributed by atoms with Crippen LogP contribution in [-0.4, -0.2) is 30.4 Å². The summed E-state index contributed by atoms with van der Waals surface area (Å²) in [6.07, 6.45) is -5.70. The summed E-state index contributed by atoms with van der Waals surface area (Å²) in [6.45, 7) is 0. The molecule has 2 N–H and O–H groups in total. The molecule has 0 saturated carbocycles. The Labute approximate surface area is 160 Å². The van der Waals surface area contributed by atoms with Gasteiger partial charge in [-0.25, -0.2) is 4.98 Å². The number of aldehydes is 1. The fourth-order valence-electron chi connectivity index (χ4n) is 1.91. The third-order valence-corrected chi connectivity index (χ3v) is 4.74. The molecule has 5 nitrogen and oxygen atoms in total. The summed E-state index contributed by atoms with van der Waals surface area (Å²) in [5, 5.41) is 10.3. The van der Waals surface area contributed by atoms with Crippen molar-refractivity contribution >= 4 is 45.7 Å². The first kappa shape index (κ1) is 20.6. The molecule has 0 aliphatic heterocycles. The third-order valence-electron chi connectivity index (χ3n) is 3.07. The van der Waals surface area contributed by atoms with Crippen LogP contribution in [0.25, 0.3) is 11.3 Å². The van der Waals surface area contributed by atoms with Gasteiger partial charge in [-0.2, -0.15) is 13.2 Å². The van der Waals surface area contributed by atoms with Crippen LogP contribution in [0.2, 0.25) is 0 Å². The van der Waals surface area contributed by atoms with Gasteiger partial charge in [0.25, 0.3) is 5.91 Å². The van der Waals surface area contributed by atoms with Gasteiger partial charge in [-0.15, -0.1) is 22.7 Å². The number of halogens is 3. The number of thiophene rings is 1. The topological polar surface area (TPSA) is 71.1 Å². The van der Waals surface area contributed by atoms with Crippen LogP contribution in [0.1, 0.15) is 9.67 Å². The molecule has 10 heteroatoms. The molecule has 3 aromatic rings. The number of rotatable bonds is 4. The molecule has 0 bridgehead atoms. The van der Waals surface area contributed by atoms with E-state index < -0.39 is 12.5 Å². The van der Waals surface area contributed by atoms with E-state index in [1.165, 1.54) is 22.7 Å².